The molecule has 0 unspecified atom stereocenters. The third-order valence-electron chi connectivity index (χ3n) is 3.13. The van der Waals surface area contributed by atoms with E-state index in [1.807, 2.05) is 13.1 Å². The normalized spacial score (nSPS) is 16.1. The van der Waals surface area contributed by atoms with Gasteiger partial charge in [0.05, 0.1) is 5.69 Å². The van der Waals surface area contributed by atoms with Crippen LogP contribution in [0, 0.1) is 0 Å². The van der Waals surface area contributed by atoms with Gasteiger partial charge in [0.2, 0.25) is 0 Å². The van der Waals surface area contributed by atoms with Crippen LogP contribution in [-0.4, -0.2) is 24.0 Å². The fourth-order valence-electron chi connectivity index (χ4n) is 2.24. The highest BCUT2D eigenvalue weighted by molar-refractivity contribution is 5.94. The van der Waals surface area contributed by atoms with Crippen LogP contribution in [-0.2, 0) is 6.54 Å². The molecule has 1 heterocycles. The summed E-state index contributed by atoms with van der Waals surface area (Å²) in [7, 11) is 1.87. The Morgan fingerprint density at radius 2 is 2.24 bits per heavy atom. The summed E-state index contributed by atoms with van der Waals surface area (Å²) in [5.74, 6) is 0.0247. The molecule has 2 rings (SSSR count). The van der Waals surface area contributed by atoms with E-state index in [0.717, 1.165) is 18.5 Å². The number of aromatic nitrogens is 1. The Kier molecular flexibility index (Phi) is 4.09. The molecule has 0 atom stereocenters. The minimum absolute atomic E-state index is 0.0247. The van der Waals surface area contributed by atoms with E-state index in [1.165, 1.54) is 12.8 Å². The molecule has 0 spiro atoms. The Labute approximate surface area is 102 Å². The maximum Gasteiger partial charge on any atom is 0.251 e. The lowest BCUT2D eigenvalue weighted by molar-refractivity contribution is 0.0937. The smallest absolute Gasteiger partial charge is 0.251 e. The van der Waals surface area contributed by atoms with Crippen molar-refractivity contribution in [2.24, 2.45) is 0 Å². The number of rotatable bonds is 4. The number of amides is 1. The summed E-state index contributed by atoms with van der Waals surface area (Å²) in [6.07, 6.45) is 6.37. The highest BCUT2D eigenvalue weighted by Crippen LogP contribution is 2.18. The zero-order valence-corrected chi connectivity index (χ0v) is 10.2. The monoisotopic (exact) mass is 233 g/mol. The zero-order valence-electron chi connectivity index (χ0n) is 10.2. The number of hydrogen-bond acceptors (Lipinski definition) is 3. The standard InChI is InChI=1S/C13H19N3O/c1-14-9-12-8-10(6-7-15-12)13(17)16-11-4-2-3-5-11/h6-8,11,14H,2-5,9H2,1H3,(H,16,17). The quantitative estimate of drug-likeness (QED) is 0.828. The van der Waals surface area contributed by atoms with Crippen molar-refractivity contribution in [1.82, 2.24) is 15.6 Å². The molecule has 2 N–H and O–H groups in total. The summed E-state index contributed by atoms with van der Waals surface area (Å²) >= 11 is 0. The fourth-order valence-corrected chi connectivity index (χ4v) is 2.24. The molecule has 1 amide bonds. The predicted octanol–water partition coefficient (Wildman–Crippen LogP) is 1.47. The minimum Gasteiger partial charge on any atom is -0.349 e. The van der Waals surface area contributed by atoms with Crippen LogP contribution in [0.4, 0.5) is 0 Å². The van der Waals surface area contributed by atoms with E-state index in [0.29, 0.717) is 18.2 Å². The van der Waals surface area contributed by atoms with Crippen molar-refractivity contribution in [3.05, 3.63) is 29.6 Å². The Balaban J connectivity index is 1.99. The lowest BCUT2D eigenvalue weighted by atomic mass is 10.2. The first kappa shape index (κ1) is 12.0. The van der Waals surface area contributed by atoms with Crippen LogP contribution < -0.4 is 10.6 Å². The SMILES string of the molecule is CNCc1cc(C(=O)NC2CCCC2)ccn1. The van der Waals surface area contributed by atoms with E-state index in [9.17, 15) is 4.79 Å². The molecule has 92 valence electrons. The number of carbonyl (C=O) groups excluding carboxylic acids is 1. The van der Waals surface area contributed by atoms with E-state index >= 15 is 0 Å². The van der Waals surface area contributed by atoms with Gasteiger partial charge in [0, 0.05) is 24.3 Å². The van der Waals surface area contributed by atoms with Crippen LogP contribution in [0.5, 0.6) is 0 Å². The van der Waals surface area contributed by atoms with Crippen LogP contribution in [0.1, 0.15) is 41.7 Å². The second-order valence-corrected chi connectivity index (χ2v) is 4.52. The molecule has 4 heteroatoms. The first-order valence-electron chi connectivity index (χ1n) is 6.20. The Morgan fingerprint density at radius 3 is 2.94 bits per heavy atom. The first-order chi connectivity index (χ1) is 8.29. The summed E-state index contributed by atoms with van der Waals surface area (Å²) in [4.78, 5) is 16.2. The molecule has 4 nitrogen and oxygen atoms in total. The van der Waals surface area contributed by atoms with Gasteiger partial charge in [0.25, 0.3) is 5.91 Å². The van der Waals surface area contributed by atoms with Crippen LogP contribution >= 0.6 is 0 Å². The topological polar surface area (TPSA) is 54.0 Å². The summed E-state index contributed by atoms with van der Waals surface area (Å²) in [5.41, 5.74) is 1.60. The molecule has 0 saturated heterocycles. The molecule has 1 saturated carbocycles. The second kappa shape index (κ2) is 5.77. The van der Waals surface area contributed by atoms with E-state index in [4.69, 9.17) is 0 Å². The predicted molar refractivity (Wildman–Crippen MR) is 66.7 cm³/mol. The van der Waals surface area contributed by atoms with E-state index in [1.54, 1.807) is 12.3 Å². The van der Waals surface area contributed by atoms with Gasteiger partial charge in [-0.2, -0.15) is 0 Å². The van der Waals surface area contributed by atoms with E-state index in [-0.39, 0.29) is 5.91 Å². The lowest BCUT2D eigenvalue weighted by Crippen LogP contribution is -2.32. The summed E-state index contributed by atoms with van der Waals surface area (Å²) in [5, 5.41) is 6.11. The van der Waals surface area contributed by atoms with Gasteiger partial charge in [-0.05, 0) is 32.0 Å². The van der Waals surface area contributed by atoms with Gasteiger partial charge in [0.1, 0.15) is 0 Å². The van der Waals surface area contributed by atoms with Gasteiger partial charge in [-0.25, -0.2) is 0 Å². The van der Waals surface area contributed by atoms with Crippen molar-refractivity contribution >= 4 is 5.91 Å². The average molecular weight is 233 g/mol. The van der Waals surface area contributed by atoms with Gasteiger partial charge in [-0.15, -0.1) is 0 Å². The van der Waals surface area contributed by atoms with Crippen LogP contribution in [0.15, 0.2) is 18.3 Å². The zero-order chi connectivity index (χ0) is 12.1. The third kappa shape index (κ3) is 3.27. The molecule has 17 heavy (non-hydrogen) atoms. The van der Waals surface area contributed by atoms with Crippen LogP contribution in [0.2, 0.25) is 0 Å². The maximum atomic E-state index is 12.0. The van der Waals surface area contributed by atoms with Crippen molar-refractivity contribution in [3.63, 3.8) is 0 Å². The number of pyridine rings is 1. The van der Waals surface area contributed by atoms with Crippen molar-refractivity contribution < 1.29 is 4.79 Å². The Morgan fingerprint density at radius 1 is 1.47 bits per heavy atom. The van der Waals surface area contributed by atoms with Gasteiger partial charge in [0.15, 0.2) is 0 Å². The largest absolute Gasteiger partial charge is 0.349 e. The summed E-state index contributed by atoms with van der Waals surface area (Å²) in [6.45, 7) is 0.685. The van der Waals surface area contributed by atoms with Crippen molar-refractivity contribution in [3.8, 4) is 0 Å². The summed E-state index contributed by atoms with van der Waals surface area (Å²) < 4.78 is 0. The molecular formula is C13H19N3O. The minimum atomic E-state index is 0.0247. The molecule has 1 aliphatic rings. The molecular weight excluding hydrogens is 214 g/mol. The number of carbonyl (C=O) groups is 1. The Bertz CT molecular complexity index is 386. The van der Waals surface area contributed by atoms with Gasteiger partial charge in [-0.1, -0.05) is 12.8 Å². The molecule has 1 aliphatic carbocycles. The number of nitrogens with one attached hydrogen (secondary N) is 2. The van der Waals surface area contributed by atoms with Crippen LogP contribution in [0.25, 0.3) is 0 Å². The highest BCUT2D eigenvalue weighted by atomic mass is 16.1. The fraction of sp³-hybridized carbons (Fsp3) is 0.538. The van der Waals surface area contributed by atoms with Crippen molar-refractivity contribution in [2.45, 2.75) is 38.3 Å². The highest BCUT2D eigenvalue weighted by Gasteiger charge is 2.17. The van der Waals surface area contributed by atoms with Crippen LogP contribution in [0.3, 0.4) is 0 Å². The van der Waals surface area contributed by atoms with Gasteiger partial charge in [-0.3, -0.25) is 9.78 Å². The second-order valence-electron chi connectivity index (χ2n) is 4.52. The van der Waals surface area contributed by atoms with Crippen molar-refractivity contribution in [1.29, 1.82) is 0 Å². The average Bonchev–Trinajstić information content (AvgIpc) is 2.83. The molecule has 0 aliphatic heterocycles. The number of nitrogens with zero attached hydrogens (tertiary/aromatic N) is 1. The van der Waals surface area contributed by atoms with E-state index in [2.05, 4.69) is 15.6 Å². The first-order valence-corrected chi connectivity index (χ1v) is 6.20. The van der Waals surface area contributed by atoms with Gasteiger partial charge < -0.3 is 10.6 Å². The molecule has 0 aromatic carbocycles. The van der Waals surface area contributed by atoms with E-state index < -0.39 is 0 Å². The molecule has 1 aromatic rings. The maximum absolute atomic E-state index is 12.0. The van der Waals surface area contributed by atoms with Crippen molar-refractivity contribution in [2.75, 3.05) is 7.05 Å². The molecule has 0 radical (unpaired) electrons. The molecule has 1 fully saturated rings. The Hall–Kier alpha value is -1.42. The van der Waals surface area contributed by atoms with Gasteiger partial charge >= 0.3 is 0 Å². The lowest BCUT2D eigenvalue weighted by Gasteiger charge is -2.12. The molecule has 0 bridgehead atoms. The summed E-state index contributed by atoms with van der Waals surface area (Å²) in [6, 6.07) is 3.98. The molecule has 1 aromatic heterocycles. The third-order valence-corrected chi connectivity index (χ3v) is 3.13. The number of hydrogen-bond donors (Lipinski definition) is 2.